The van der Waals surface area contributed by atoms with Crippen molar-refractivity contribution in [3.63, 3.8) is 0 Å². The van der Waals surface area contributed by atoms with Crippen LogP contribution in [-0.2, 0) is 6.42 Å². The van der Waals surface area contributed by atoms with E-state index in [1.165, 1.54) is 25.7 Å². The average molecular weight is 209 g/mol. The second-order valence-electron chi connectivity index (χ2n) is 4.34. The quantitative estimate of drug-likeness (QED) is 0.698. The lowest BCUT2D eigenvalue weighted by Crippen LogP contribution is -2.04. The molecule has 4 nitrogen and oxygen atoms in total. The summed E-state index contributed by atoms with van der Waals surface area (Å²) in [6.07, 6.45) is 6.82. The highest BCUT2D eigenvalue weighted by atomic mass is 16.1. The normalized spacial score (nSPS) is 17.4. The van der Waals surface area contributed by atoms with E-state index >= 15 is 0 Å². The maximum Gasteiger partial charge on any atom is 0.323 e. The summed E-state index contributed by atoms with van der Waals surface area (Å²) in [6.45, 7) is 0.678. The summed E-state index contributed by atoms with van der Waals surface area (Å²) in [5.41, 5.74) is 7.64. The minimum absolute atomic E-state index is 0.0658. The van der Waals surface area contributed by atoms with Gasteiger partial charge < -0.3 is 15.7 Å². The van der Waals surface area contributed by atoms with Gasteiger partial charge in [-0.05, 0) is 32.2 Å². The van der Waals surface area contributed by atoms with E-state index in [1.807, 2.05) is 0 Å². The zero-order valence-electron chi connectivity index (χ0n) is 9.01. The standard InChI is InChI=1S/C11H19N3O/c12-7-3-6-9-10(14-11(15)13-9)8-4-1-2-5-8/h8H,1-7,12H2,(H2,13,14,15). The number of imidazole rings is 1. The van der Waals surface area contributed by atoms with Gasteiger partial charge in [0.2, 0.25) is 0 Å². The molecule has 4 heteroatoms. The van der Waals surface area contributed by atoms with Crippen molar-refractivity contribution in [2.45, 2.75) is 44.4 Å². The number of hydrogen-bond donors (Lipinski definition) is 3. The molecule has 1 aromatic heterocycles. The highest BCUT2D eigenvalue weighted by Gasteiger charge is 2.21. The summed E-state index contributed by atoms with van der Waals surface area (Å²) < 4.78 is 0. The Hall–Kier alpha value is -1.03. The van der Waals surface area contributed by atoms with Gasteiger partial charge >= 0.3 is 5.69 Å². The lowest BCUT2D eigenvalue weighted by atomic mass is 10.0. The number of aromatic nitrogens is 2. The van der Waals surface area contributed by atoms with Crippen molar-refractivity contribution >= 4 is 0 Å². The molecule has 1 aliphatic rings. The number of hydrogen-bond acceptors (Lipinski definition) is 2. The van der Waals surface area contributed by atoms with Gasteiger partial charge in [-0.1, -0.05) is 12.8 Å². The van der Waals surface area contributed by atoms with Crippen LogP contribution in [0.15, 0.2) is 4.79 Å². The van der Waals surface area contributed by atoms with Crippen molar-refractivity contribution in [3.05, 3.63) is 21.9 Å². The molecule has 0 spiro atoms. The van der Waals surface area contributed by atoms with E-state index in [0.29, 0.717) is 12.5 Å². The molecule has 1 aliphatic carbocycles. The van der Waals surface area contributed by atoms with Gasteiger partial charge in [0, 0.05) is 17.3 Å². The molecule has 0 saturated heterocycles. The first kappa shape index (κ1) is 10.5. The number of aromatic amines is 2. The predicted octanol–water partition coefficient (Wildman–Crippen LogP) is 1.25. The van der Waals surface area contributed by atoms with Gasteiger partial charge in [-0.3, -0.25) is 0 Å². The Bertz CT molecular complexity index is 360. The van der Waals surface area contributed by atoms with Crippen LogP contribution < -0.4 is 11.4 Å². The molecule has 0 amide bonds. The van der Waals surface area contributed by atoms with Gasteiger partial charge in [0.15, 0.2) is 0 Å². The fourth-order valence-corrected chi connectivity index (χ4v) is 2.47. The molecule has 0 aromatic carbocycles. The van der Waals surface area contributed by atoms with E-state index in [-0.39, 0.29) is 5.69 Å². The smallest absolute Gasteiger partial charge is 0.323 e. The fourth-order valence-electron chi connectivity index (χ4n) is 2.47. The molecule has 1 saturated carbocycles. The van der Waals surface area contributed by atoms with Crippen LogP contribution in [0.5, 0.6) is 0 Å². The first-order valence-corrected chi connectivity index (χ1v) is 5.82. The highest BCUT2D eigenvalue weighted by molar-refractivity contribution is 5.17. The highest BCUT2D eigenvalue weighted by Crippen LogP contribution is 2.33. The van der Waals surface area contributed by atoms with Gasteiger partial charge in [0.1, 0.15) is 0 Å². The minimum atomic E-state index is -0.0658. The molecular weight excluding hydrogens is 190 g/mol. The van der Waals surface area contributed by atoms with Crippen LogP contribution in [0.2, 0.25) is 0 Å². The molecule has 0 radical (unpaired) electrons. The largest absolute Gasteiger partial charge is 0.330 e. The number of nitrogens with two attached hydrogens (primary N) is 1. The molecule has 84 valence electrons. The molecule has 1 aromatic rings. The van der Waals surface area contributed by atoms with Crippen LogP contribution in [0.25, 0.3) is 0 Å². The van der Waals surface area contributed by atoms with E-state index in [2.05, 4.69) is 9.97 Å². The SMILES string of the molecule is NCCCc1[nH]c(=O)[nH]c1C1CCCC1. The van der Waals surface area contributed by atoms with Crippen molar-refractivity contribution in [1.82, 2.24) is 9.97 Å². The molecule has 0 bridgehead atoms. The van der Waals surface area contributed by atoms with E-state index in [1.54, 1.807) is 0 Å². The van der Waals surface area contributed by atoms with E-state index < -0.39 is 0 Å². The Labute approximate surface area is 89.3 Å². The molecule has 2 rings (SSSR count). The molecule has 4 N–H and O–H groups in total. The molecule has 1 fully saturated rings. The topological polar surface area (TPSA) is 74.7 Å². The van der Waals surface area contributed by atoms with Crippen LogP contribution in [0.1, 0.15) is 49.4 Å². The van der Waals surface area contributed by atoms with E-state index in [4.69, 9.17) is 5.73 Å². The Morgan fingerprint density at radius 1 is 1.27 bits per heavy atom. The molecule has 1 heterocycles. The fraction of sp³-hybridized carbons (Fsp3) is 0.727. The number of rotatable bonds is 4. The van der Waals surface area contributed by atoms with Gasteiger partial charge in [0.25, 0.3) is 0 Å². The summed E-state index contributed by atoms with van der Waals surface area (Å²) >= 11 is 0. The first-order chi connectivity index (χ1) is 7.31. The van der Waals surface area contributed by atoms with E-state index in [9.17, 15) is 4.79 Å². The maximum atomic E-state index is 11.3. The lowest BCUT2D eigenvalue weighted by molar-refractivity contribution is 0.682. The Kier molecular flexibility index (Phi) is 3.26. The number of H-pyrrole nitrogens is 2. The van der Waals surface area contributed by atoms with Gasteiger partial charge in [-0.15, -0.1) is 0 Å². The summed E-state index contributed by atoms with van der Waals surface area (Å²) in [5.74, 6) is 0.566. The number of aryl methyl sites for hydroxylation is 1. The van der Waals surface area contributed by atoms with Crippen molar-refractivity contribution < 1.29 is 0 Å². The monoisotopic (exact) mass is 209 g/mol. The summed E-state index contributed by atoms with van der Waals surface area (Å²) in [5, 5.41) is 0. The summed E-state index contributed by atoms with van der Waals surface area (Å²) in [6, 6.07) is 0. The van der Waals surface area contributed by atoms with Gasteiger partial charge in [-0.2, -0.15) is 0 Å². The average Bonchev–Trinajstić information content (AvgIpc) is 2.83. The van der Waals surface area contributed by atoms with E-state index in [0.717, 1.165) is 24.2 Å². The van der Waals surface area contributed by atoms with Crippen LogP contribution in [0.4, 0.5) is 0 Å². The predicted molar refractivity (Wildman–Crippen MR) is 60.0 cm³/mol. The molecule has 0 unspecified atom stereocenters. The zero-order chi connectivity index (χ0) is 10.7. The second-order valence-corrected chi connectivity index (χ2v) is 4.34. The number of nitrogens with one attached hydrogen (secondary N) is 2. The van der Waals surface area contributed by atoms with Crippen LogP contribution in [-0.4, -0.2) is 16.5 Å². The Morgan fingerprint density at radius 2 is 2.00 bits per heavy atom. The van der Waals surface area contributed by atoms with Crippen molar-refractivity contribution in [2.75, 3.05) is 6.54 Å². The molecule has 15 heavy (non-hydrogen) atoms. The van der Waals surface area contributed by atoms with Gasteiger partial charge in [-0.25, -0.2) is 4.79 Å². The van der Waals surface area contributed by atoms with Crippen molar-refractivity contribution in [2.24, 2.45) is 5.73 Å². The second kappa shape index (κ2) is 4.66. The third-order valence-corrected chi connectivity index (χ3v) is 3.23. The Morgan fingerprint density at radius 3 is 2.67 bits per heavy atom. The third kappa shape index (κ3) is 2.31. The molecular formula is C11H19N3O. The van der Waals surface area contributed by atoms with Crippen LogP contribution in [0, 0.1) is 0 Å². The van der Waals surface area contributed by atoms with Crippen molar-refractivity contribution in [3.8, 4) is 0 Å². The summed E-state index contributed by atoms with van der Waals surface area (Å²) in [4.78, 5) is 17.1. The lowest BCUT2D eigenvalue weighted by Gasteiger charge is -2.08. The third-order valence-electron chi connectivity index (χ3n) is 3.23. The van der Waals surface area contributed by atoms with Crippen LogP contribution >= 0.6 is 0 Å². The summed E-state index contributed by atoms with van der Waals surface area (Å²) in [7, 11) is 0. The zero-order valence-corrected chi connectivity index (χ0v) is 9.01. The maximum absolute atomic E-state index is 11.3. The minimum Gasteiger partial charge on any atom is -0.330 e. The van der Waals surface area contributed by atoms with Crippen LogP contribution in [0.3, 0.4) is 0 Å². The van der Waals surface area contributed by atoms with Gasteiger partial charge in [0.05, 0.1) is 0 Å². The molecule has 0 aliphatic heterocycles. The van der Waals surface area contributed by atoms with Crippen molar-refractivity contribution in [1.29, 1.82) is 0 Å². The Balaban J connectivity index is 2.16. The first-order valence-electron chi connectivity index (χ1n) is 5.82. The molecule has 0 atom stereocenters.